The Morgan fingerprint density at radius 2 is 1.96 bits per heavy atom. The van der Waals surface area contributed by atoms with Crippen LogP contribution in [-0.2, 0) is 4.79 Å². The van der Waals surface area contributed by atoms with E-state index in [0.29, 0.717) is 10.6 Å². The standard InChI is InChI=1S/C17H12ClFO3S/c18-13-4-2-1-3-11(13)5-7-15(20)12-6-8-16(14(19)9-12)23-10-17(21)22/h1-9H,10H2,(H,21,22)/b7-5+. The van der Waals surface area contributed by atoms with Gasteiger partial charge in [-0.25, -0.2) is 4.39 Å². The molecular formula is C17H12ClFO3S. The van der Waals surface area contributed by atoms with E-state index in [0.717, 1.165) is 17.8 Å². The second-order valence-electron chi connectivity index (χ2n) is 4.55. The first kappa shape index (κ1) is 17.2. The second kappa shape index (κ2) is 7.94. The number of benzene rings is 2. The van der Waals surface area contributed by atoms with Crippen molar-refractivity contribution in [3.05, 3.63) is 70.5 Å². The summed E-state index contributed by atoms with van der Waals surface area (Å²) >= 11 is 6.85. The summed E-state index contributed by atoms with van der Waals surface area (Å²) in [5.41, 5.74) is 0.877. The number of aliphatic carboxylic acids is 1. The molecule has 0 fully saturated rings. The van der Waals surface area contributed by atoms with Crippen LogP contribution in [0.1, 0.15) is 15.9 Å². The summed E-state index contributed by atoms with van der Waals surface area (Å²) in [5, 5.41) is 9.11. The molecule has 0 aliphatic carbocycles. The third-order valence-corrected chi connectivity index (χ3v) is 4.26. The van der Waals surface area contributed by atoms with E-state index in [1.165, 1.54) is 18.2 Å². The van der Waals surface area contributed by atoms with E-state index < -0.39 is 11.8 Å². The fraction of sp³-hybridized carbons (Fsp3) is 0.0588. The van der Waals surface area contributed by atoms with Gasteiger partial charge < -0.3 is 5.11 Å². The fourth-order valence-electron chi connectivity index (χ4n) is 1.78. The smallest absolute Gasteiger partial charge is 0.313 e. The molecule has 0 bridgehead atoms. The molecule has 0 radical (unpaired) electrons. The Bertz CT molecular complexity index is 774. The van der Waals surface area contributed by atoms with Gasteiger partial charge in [-0.05, 0) is 42.0 Å². The van der Waals surface area contributed by atoms with Crippen molar-refractivity contribution >= 4 is 41.2 Å². The maximum Gasteiger partial charge on any atom is 0.313 e. The number of carbonyl (C=O) groups is 2. The third-order valence-electron chi connectivity index (χ3n) is 2.89. The number of halogens is 2. The van der Waals surface area contributed by atoms with Crippen molar-refractivity contribution in [2.24, 2.45) is 0 Å². The zero-order valence-electron chi connectivity index (χ0n) is 11.8. The van der Waals surface area contributed by atoms with Crippen LogP contribution in [0.5, 0.6) is 0 Å². The predicted molar refractivity (Wildman–Crippen MR) is 89.6 cm³/mol. The van der Waals surface area contributed by atoms with Gasteiger partial charge in [0.05, 0.1) is 5.75 Å². The molecule has 3 nitrogen and oxygen atoms in total. The largest absolute Gasteiger partial charge is 0.481 e. The van der Waals surface area contributed by atoms with E-state index >= 15 is 0 Å². The molecule has 23 heavy (non-hydrogen) atoms. The Balaban J connectivity index is 2.12. The van der Waals surface area contributed by atoms with Gasteiger partial charge in [-0.1, -0.05) is 29.8 Å². The molecule has 0 saturated heterocycles. The lowest BCUT2D eigenvalue weighted by atomic mass is 10.1. The van der Waals surface area contributed by atoms with Crippen molar-refractivity contribution in [1.29, 1.82) is 0 Å². The molecular weight excluding hydrogens is 339 g/mol. The van der Waals surface area contributed by atoms with Crippen molar-refractivity contribution in [3.63, 3.8) is 0 Å². The van der Waals surface area contributed by atoms with Crippen LogP contribution in [-0.4, -0.2) is 22.6 Å². The van der Waals surface area contributed by atoms with Gasteiger partial charge in [0.15, 0.2) is 5.78 Å². The van der Waals surface area contributed by atoms with Crippen LogP contribution in [0.2, 0.25) is 5.02 Å². The average molecular weight is 351 g/mol. The zero-order chi connectivity index (χ0) is 16.8. The first-order chi connectivity index (χ1) is 11.0. The lowest BCUT2D eigenvalue weighted by Gasteiger charge is -2.03. The maximum atomic E-state index is 13.9. The molecule has 0 spiro atoms. The van der Waals surface area contributed by atoms with Gasteiger partial charge in [0, 0.05) is 15.5 Å². The van der Waals surface area contributed by atoms with Gasteiger partial charge in [0.25, 0.3) is 0 Å². The SMILES string of the molecule is O=C(O)CSc1ccc(C(=O)/C=C/c2ccccc2Cl)cc1F. The molecule has 0 heterocycles. The van der Waals surface area contributed by atoms with E-state index in [4.69, 9.17) is 16.7 Å². The fourth-order valence-corrected chi connectivity index (χ4v) is 2.62. The van der Waals surface area contributed by atoms with Crippen LogP contribution in [0.15, 0.2) is 53.4 Å². The molecule has 0 amide bonds. The van der Waals surface area contributed by atoms with E-state index in [9.17, 15) is 14.0 Å². The molecule has 0 saturated carbocycles. The number of carboxylic acid groups (broad SMARTS) is 1. The van der Waals surface area contributed by atoms with Gasteiger partial charge in [-0.3, -0.25) is 9.59 Å². The number of hydrogen-bond acceptors (Lipinski definition) is 3. The minimum Gasteiger partial charge on any atom is -0.481 e. The topological polar surface area (TPSA) is 54.4 Å². The minimum absolute atomic E-state index is 0.186. The summed E-state index contributed by atoms with van der Waals surface area (Å²) in [6.45, 7) is 0. The third kappa shape index (κ3) is 4.94. The minimum atomic E-state index is -1.03. The van der Waals surface area contributed by atoms with Gasteiger partial charge in [-0.2, -0.15) is 0 Å². The van der Waals surface area contributed by atoms with E-state index in [2.05, 4.69) is 0 Å². The highest BCUT2D eigenvalue weighted by atomic mass is 35.5. The molecule has 0 aliphatic rings. The van der Waals surface area contributed by atoms with E-state index in [1.807, 2.05) is 0 Å². The van der Waals surface area contributed by atoms with Crippen LogP contribution in [0.3, 0.4) is 0 Å². The Labute approximate surface area is 141 Å². The number of carbonyl (C=O) groups excluding carboxylic acids is 1. The van der Waals surface area contributed by atoms with Crippen molar-refractivity contribution < 1.29 is 19.1 Å². The number of thioether (sulfide) groups is 1. The Morgan fingerprint density at radius 1 is 1.22 bits per heavy atom. The molecule has 2 aromatic rings. The van der Waals surface area contributed by atoms with Crippen LogP contribution in [0.25, 0.3) is 6.08 Å². The molecule has 0 aromatic heterocycles. The van der Waals surface area contributed by atoms with Crippen LogP contribution in [0.4, 0.5) is 4.39 Å². The van der Waals surface area contributed by atoms with Crippen molar-refractivity contribution in [2.45, 2.75) is 4.90 Å². The number of hydrogen-bond donors (Lipinski definition) is 1. The Morgan fingerprint density at radius 3 is 2.61 bits per heavy atom. The highest BCUT2D eigenvalue weighted by Gasteiger charge is 2.09. The lowest BCUT2D eigenvalue weighted by Crippen LogP contribution is -2.00. The normalized spacial score (nSPS) is 10.9. The van der Waals surface area contributed by atoms with Crippen LogP contribution in [0, 0.1) is 5.82 Å². The summed E-state index contributed by atoms with van der Waals surface area (Å²) in [6, 6.07) is 11.0. The summed E-state index contributed by atoms with van der Waals surface area (Å²) < 4.78 is 13.9. The first-order valence-electron chi connectivity index (χ1n) is 6.58. The monoisotopic (exact) mass is 350 g/mol. The number of rotatable bonds is 6. The van der Waals surface area contributed by atoms with E-state index in [1.54, 1.807) is 30.3 Å². The molecule has 2 rings (SSSR count). The van der Waals surface area contributed by atoms with Crippen molar-refractivity contribution in [3.8, 4) is 0 Å². The zero-order valence-corrected chi connectivity index (χ0v) is 13.4. The number of ketones is 1. The van der Waals surface area contributed by atoms with Crippen molar-refractivity contribution in [2.75, 3.05) is 5.75 Å². The first-order valence-corrected chi connectivity index (χ1v) is 7.95. The predicted octanol–water partition coefficient (Wildman–Crippen LogP) is 4.55. The van der Waals surface area contributed by atoms with Crippen LogP contribution >= 0.6 is 23.4 Å². The Hall–Kier alpha value is -2.11. The summed E-state index contributed by atoms with van der Waals surface area (Å²) in [6.07, 6.45) is 2.88. The highest BCUT2D eigenvalue weighted by Crippen LogP contribution is 2.23. The molecule has 6 heteroatoms. The Kier molecular flexibility index (Phi) is 5.96. The summed E-state index contributed by atoms with van der Waals surface area (Å²) in [7, 11) is 0. The molecule has 0 atom stereocenters. The molecule has 0 unspecified atom stereocenters. The quantitative estimate of drug-likeness (QED) is 0.471. The molecule has 118 valence electrons. The van der Waals surface area contributed by atoms with Gasteiger partial charge in [0.2, 0.25) is 0 Å². The molecule has 1 N–H and O–H groups in total. The molecule has 0 aliphatic heterocycles. The second-order valence-corrected chi connectivity index (χ2v) is 5.97. The average Bonchev–Trinajstić information content (AvgIpc) is 2.52. The lowest BCUT2D eigenvalue weighted by molar-refractivity contribution is -0.133. The van der Waals surface area contributed by atoms with Crippen molar-refractivity contribution in [1.82, 2.24) is 0 Å². The maximum absolute atomic E-state index is 13.9. The van der Waals surface area contributed by atoms with Gasteiger partial charge in [-0.15, -0.1) is 11.8 Å². The number of allylic oxidation sites excluding steroid dienone is 1. The van der Waals surface area contributed by atoms with Gasteiger partial charge in [0.1, 0.15) is 5.82 Å². The van der Waals surface area contributed by atoms with Gasteiger partial charge >= 0.3 is 5.97 Å². The summed E-state index contributed by atoms with van der Waals surface area (Å²) in [4.78, 5) is 22.7. The molecule has 2 aromatic carbocycles. The van der Waals surface area contributed by atoms with E-state index in [-0.39, 0.29) is 22.0 Å². The van der Waals surface area contributed by atoms with Crippen LogP contribution < -0.4 is 0 Å². The highest BCUT2D eigenvalue weighted by molar-refractivity contribution is 8.00. The number of carboxylic acids is 1. The summed E-state index contributed by atoms with van der Waals surface area (Å²) in [5.74, 6) is -2.25.